The lowest BCUT2D eigenvalue weighted by molar-refractivity contribution is -0.142. The molecule has 0 radical (unpaired) electrons. The van der Waals surface area contributed by atoms with Crippen LogP contribution in [0, 0.1) is 5.92 Å². The van der Waals surface area contributed by atoms with Gasteiger partial charge >= 0.3 is 6.18 Å². The molecular weight excluding hydrogens is 353 g/mol. The van der Waals surface area contributed by atoms with Gasteiger partial charge in [0.25, 0.3) is 0 Å². The number of hydrogen-bond donors (Lipinski definition) is 1. The summed E-state index contributed by atoms with van der Waals surface area (Å²) in [5.74, 6) is -0.169. The molecule has 0 heterocycles. The Kier molecular flexibility index (Phi) is 6.38. The first kappa shape index (κ1) is 20.0. The number of carbonyl (C=O) groups is 1. The van der Waals surface area contributed by atoms with Gasteiger partial charge in [0, 0.05) is 24.5 Å². The Labute approximate surface area is 152 Å². The van der Waals surface area contributed by atoms with Crippen molar-refractivity contribution in [3.8, 4) is 0 Å². The maximum atomic E-state index is 13.2. The number of benzene rings is 1. The summed E-state index contributed by atoms with van der Waals surface area (Å²) in [6.07, 6.45) is 0.610. The molecule has 1 aromatic rings. The highest BCUT2D eigenvalue weighted by molar-refractivity contribution is 5.85. The van der Waals surface area contributed by atoms with Crippen molar-refractivity contribution in [3.05, 3.63) is 35.4 Å². The molecule has 3 rings (SSSR count). The highest BCUT2D eigenvalue weighted by Gasteiger charge is 2.39. The van der Waals surface area contributed by atoms with Crippen molar-refractivity contribution in [2.45, 2.75) is 63.3 Å². The second-order valence-corrected chi connectivity index (χ2v) is 6.98. The zero-order chi connectivity index (χ0) is 17.3. The molecule has 0 aromatic heterocycles. The third-order valence-electron chi connectivity index (χ3n) is 5.00. The van der Waals surface area contributed by atoms with Crippen LogP contribution >= 0.6 is 12.4 Å². The quantitative estimate of drug-likeness (QED) is 0.858. The molecule has 3 nitrogen and oxygen atoms in total. The standard InChI is InChI=1S/C18H23F3N2O.ClH/c19-18(20,21)16-7-2-1-4-13(16)11-23(15-8-9-15)17(24)12-5-3-6-14(22)10-12;/h1-2,4,7,12,14-15H,3,5-6,8-11,22H2;1H. The summed E-state index contributed by atoms with van der Waals surface area (Å²) >= 11 is 0. The Balaban J connectivity index is 0.00000225. The van der Waals surface area contributed by atoms with Crippen molar-refractivity contribution in [1.29, 1.82) is 0 Å². The summed E-state index contributed by atoms with van der Waals surface area (Å²) in [6, 6.07) is 5.64. The van der Waals surface area contributed by atoms with E-state index < -0.39 is 11.7 Å². The van der Waals surface area contributed by atoms with Gasteiger partial charge in [-0.05, 0) is 43.7 Å². The molecular formula is C18H24ClF3N2O. The van der Waals surface area contributed by atoms with Gasteiger partial charge in [0.2, 0.25) is 5.91 Å². The molecule has 7 heteroatoms. The highest BCUT2D eigenvalue weighted by atomic mass is 35.5. The molecule has 2 fully saturated rings. The first-order valence-electron chi connectivity index (χ1n) is 8.57. The molecule has 2 saturated carbocycles. The molecule has 0 aliphatic heterocycles. The lowest BCUT2D eigenvalue weighted by atomic mass is 9.85. The number of halogens is 4. The average Bonchev–Trinajstić information content (AvgIpc) is 3.36. The monoisotopic (exact) mass is 376 g/mol. The number of amides is 1. The van der Waals surface area contributed by atoms with Gasteiger partial charge in [-0.3, -0.25) is 4.79 Å². The summed E-state index contributed by atoms with van der Waals surface area (Å²) in [5, 5.41) is 0. The maximum Gasteiger partial charge on any atom is 0.416 e. The first-order chi connectivity index (χ1) is 11.4. The van der Waals surface area contributed by atoms with Crippen LogP contribution in [0.15, 0.2) is 24.3 Å². The van der Waals surface area contributed by atoms with Gasteiger partial charge in [0.05, 0.1) is 5.56 Å². The van der Waals surface area contributed by atoms with Crippen LogP contribution in [0.2, 0.25) is 0 Å². The zero-order valence-electron chi connectivity index (χ0n) is 14.0. The van der Waals surface area contributed by atoms with E-state index in [4.69, 9.17) is 5.73 Å². The third-order valence-corrected chi connectivity index (χ3v) is 5.00. The van der Waals surface area contributed by atoms with Gasteiger partial charge in [-0.25, -0.2) is 0 Å². The molecule has 2 atom stereocenters. The Hall–Kier alpha value is -1.27. The van der Waals surface area contributed by atoms with Crippen molar-refractivity contribution in [1.82, 2.24) is 4.90 Å². The maximum absolute atomic E-state index is 13.2. The predicted octanol–water partition coefficient (Wildman–Crippen LogP) is 4.14. The van der Waals surface area contributed by atoms with Crippen LogP contribution in [0.5, 0.6) is 0 Å². The fraction of sp³-hybridized carbons (Fsp3) is 0.611. The Morgan fingerprint density at radius 1 is 1.16 bits per heavy atom. The van der Waals surface area contributed by atoms with E-state index in [2.05, 4.69) is 0 Å². The van der Waals surface area contributed by atoms with E-state index >= 15 is 0 Å². The Morgan fingerprint density at radius 3 is 2.44 bits per heavy atom. The molecule has 140 valence electrons. The molecule has 25 heavy (non-hydrogen) atoms. The van der Waals surface area contributed by atoms with Crippen molar-refractivity contribution >= 4 is 18.3 Å². The summed E-state index contributed by atoms with van der Waals surface area (Å²) < 4.78 is 39.6. The molecule has 2 N–H and O–H groups in total. The second kappa shape index (κ2) is 7.96. The third kappa shape index (κ3) is 4.88. The highest BCUT2D eigenvalue weighted by Crippen LogP contribution is 2.36. The first-order valence-corrected chi connectivity index (χ1v) is 8.57. The number of alkyl halides is 3. The van der Waals surface area contributed by atoms with Crippen LogP contribution in [-0.2, 0) is 17.5 Å². The molecule has 0 spiro atoms. The van der Waals surface area contributed by atoms with Gasteiger partial charge in [-0.1, -0.05) is 24.6 Å². The van der Waals surface area contributed by atoms with Crippen molar-refractivity contribution in [2.75, 3.05) is 0 Å². The number of rotatable bonds is 4. The van der Waals surface area contributed by atoms with Gasteiger partial charge < -0.3 is 10.6 Å². The number of nitrogens with zero attached hydrogens (tertiary/aromatic N) is 1. The minimum Gasteiger partial charge on any atom is -0.335 e. The summed E-state index contributed by atoms with van der Waals surface area (Å²) in [5.41, 5.74) is 5.49. The van der Waals surface area contributed by atoms with Crippen LogP contribution < -0.4 is 5.73 Å². The fourth-order valence-corrected chi connectivity index (χ4v) is 3.58. The fourth-order valence-electron chi connectivity index (χ4n) is 3.58. The van der Waals surface area contributed by atoms with E-state index in [1.54, 1.807) is 11.0 Å². The van der Waals surface area contributed by atoms with Crippen LogP contribution in [0.4, 0.5) is 13.2 Å². The lowest BCUT2D eigenvalue weighted by Gasteiger charge is -2.32. The molecule has 0 bridgehead atoms. The van der Waals surface area contributed by atoms with Crippen molar-refractivity contribution in [3.63, 3.8) is 0 Å². The smallest absolute Gasteiger partial charge is 0.335 e. The normalized spacial score (nSPS) is 23.7. The number of carbonyl (C=O) groups excluding carboxylic acids is 1. The van der Waals surface area contributed by atoms with E-state index in [1.807, 2.05) is 0 Å². The van der Waals surface area contributed by atoms with E-state index in [1.165, 1.54) is 12.1 Å². The molecule has 2 aliphatic rings. The number of hydrogen-bond acceptors (Lipinski definition) is 2. The largest absolute Gasteiger partial charge is 0.416 e. The lowest BCUT2D eigenvalue weighted by Crippen LogP contribution is -2.41. The van der Waals surface area contributed by atoms with Crippen LogP contribution in [0.1, 0.15) is 49.7 Å². The Morgan fingerprint density at radius 2 is 1.84 bits per heavy atom. The van der Waals surface area contributed by atoms with Crippen LogP contribution in [-0.4, -0.2) is 22.9 Å². The van der Waals surface area contributed by atoms with Crippen LogP contribution in [0.3, 0.4) is 0 Å². The summed E-state index contributed by atoms with van der Waals surface area (Å²) in [4.78, 5) is 14.5. The SMILES string of the molecule is Cl.NC1CCCC(C(=O)N(Cc2ccccc2C(F)(F)F)C2CC2)C1. The van der Waals surface area contributed by atoms with E-state index in [-0.39, 0.29) is 48.4 Å². The molecule has 1 amide bonds. The molecule has 2 aliphatic carbocycles. The second-order valence-electron chi connectivity index (χ2n) is 6.98. The minimum absolute atomic E-state index is 0. The van der Waals surface area contributed by atoms with E-state index in [9.17, 15) is 18.0 Å². The molecule has 1 aromatic carbocycles. The zero-order valence-corrected chi connectivity index (χ0v) is 14.8. The van der Waals surface area contributed by atoms with Crippen LogP contribution in [0.25, 0.3) is 0 Å². The van der Waals surface area contributed by atoms with Gasteiger partial charge in [0.1, 0.15) is 0 Å². The van der Waals surface area contributed by atoms with Crippen molar-refractivity contribution < 1.29 is 18.0 Å². The van der Waals surface area contributed by atoms with E-state index in [0.29, 0.717) is 6.42 Å². The average molecular weight is 377 g/mol. The van der Waals surface area contributed by atoms with E-state index in [0.717, 1.165) is 38.2 Å². The minimum atomic E-state index is -4.40. The Bertz CT molecular complexity index is 604. The van der Waals surface area contributed by atoms with Gasteiger partial charge in [0.15, 0.2) is 0 Å². The molecule has 0 saturated heterocycles. The summed E-state index contributed by atoms with van der Waals surface area (Å²) in [7, 11) is 0. The summed E-state index contributed by atoms with van der Waals surface area (Å²) in [6.45, 7) is 0.0327. The number of nitrogens with two attached hydrogens (primary N) is 1. The topological polar surface area (TPSA) is 46.3 Å². The molecule has 2 unspecified atom stereocenters. The van der Waals surface area contributed by atoms with Crippen molar-refractivity contribution in [2.24, 2.45) is 11.7 Å². The predicted molar refractivity (Wildman–Crippen MR) is 92.2 cm³/mol. The van der Waals surface area contributed by atoms with Gasteiger partial charge in [-0.15, -0.1) is 12.4 Å². The van der Waals surface area contributed by atoms with Gasteiger partial charge in [-0.2, -0.15) is 13.2 Å².